The Bertz CT molecular complexity index is 933. The third-order valence-corrected chi connectivity index (χ3v) is 3.45. The molecule has 0 amide bonds. The van der Waals surface area contributed by atoms with Gasteiger partial charge in [-0.3, -0.25) is 4.79 Å². The third-order valence-electron chi connectivity index (χ3n) is 3.45. The Hall–Kier alpha value is -3.15. The maximum absolute atomic E-state index is 12.7. The average Bonchev–Trinajstić information content (AvgIpc) is 2.62. The predicted molar refractivity (Wildman–Crippen MR) is 99.9 cm³/mol. The highest BCUT2D eigenvalue weighted by Gasteiger charge is 2.12. The predicted octanol–water partition coefficient (Wildman–Crippen LogP) is 2.93. The summed E-state index contributed by atoms with van der Waals surface area (Å²) in [6.45, 7) is 4.43. The van der Waals surface area contributed by atoms with Gasteiger partial charge in [0.2, 0.25) is 0 Å². The van der Waals surface area contributed by atoms with Crippen LogP contribution in [-0.2, 0) is 0 Å². The molecule has 6 nitrogen and oxygen atoms in total. The van der Waals surface area contributed by atoms with E-state index >= 15 is 0 Å². The third kappa shape index (κ3) is 4.03. The molecule has 2 aromatic carbocycles. The maximum Gasteiger partial charge on any atom is 0.295 e. The largest absolute Gasteiger partial charge is 0.407 e. The molecule has 1 aromatic heterocycles. The second-order valence-electron chi connectivity index (χ2n) is 6.02. The molecule has 0 atom stereocenters. The fourth-order valence-corrected chi connectivity index (χ4v) is 2.23. The summed E-state index contributed by atoms with van der Waals surface area (Å²) in [6.07, 6.45) is 1.66. The number of para-hydroxylation sites is 1. The molecule has 0 aliphatic rings. The fourth-order valence-electron chi connectivity index (χ4n) is 2.23. The van der Waals surface area contributed by atoms with Crippen LogP contribution in [-0.4, -0.2) is 22.5 Å². The highest BCUT2D eigenvalue weighted by molar-refractivity contribution is 5.80. The number of fused-ring (bicyclic) bond motifs is 1. The van der Waals surface area contributed by atoms with Crippen molar-refractivity contribution in [1.82, 2.24) is 9.71 Å². The first kappa shape index (κ1) is 16.7. The number of aromatic nitrogens is 2. The monoisotopic (exact) mass is 336 g/mol. The summed E-state index contributed by atoms with van der Waals surface area (Å²) in [4.78, 5) is 22.8. The molecule has 0 aliphatic heterocycles. The van der Waals surface area contributed by atoms with Crippen molar-refractivity contribution in [2.45, 2.75) is 13.8 Å². The molecule has 1 N–H and O–H groups in total. The quantitative estimate of drug-likeness (QED) is 0.555. The minimum absolute atomic E-state index is 0.247. The maximum atomic E-state index is 12.7. The zero-order chi connectivity index (χ0) is 17.6. The number of rotatable bonds is 6. The minimum atomic E-state index is -0.260. The molecule has 0 spiro atoms. The average molecular weight is 336 g/mol. The van der Waals surface area contributed by atoms with Crippen LogP contribution in [0.2, 0.25) is 0 Å². The summed E-state index contributed by atoms with van der Waals surface area (Å²) in [7, 11) is 0. The van der Waals surface area contributed by atoms with Crippen LogP contribution >= 0.6 is 0 Å². The van der Waals surface area contributed by atoms with Crippen molar-refractivity contribution in [1.29, 1.82) is 0 Å². The molecule has 6 heteroatoms. The Morgan fingerprint density at radius 3 is 2.64 bits per heavy atom. The van der Waals surface area contributed by atoms with Gasteiger partial charge in [-0.15, -0.1) is 4.73 Å². The summed E-state index contributed by atoms with van der Waals surface area (Å²) < 4.78 is 1.17. The highest BCUT2D eigenvalue weighted by Crippen LogP contribution is 2.10. The molecule has 0 aliphatic carbocycles. The molecule has 128 valence electrons. The lowest BCUT2D eigenvalue weighted by molar-refractivity contribution is 0.0848. The molecule has 0 fully saturated rings. The van der Waals surface area contributed by atoms with E-state index in [1.807, 2.05) is 50.2 Å². The molecular formula is C19H20N4O2. The van der Waals surface area contributed by atoms with Crippen molar-refractivity contribution >= 4 is 23.1 Å². The number of nitrogens with one attached hydrogen (secondary N) is 1. The van der Waals surface area contributed by atoms with Crippen molar-refractivity contribution in [3.05, 3.63) is 70.5 Å². The fraction of sp³-hybridized carbons (Fsp3) is 0.211. The summed E-state index contributed by atoms with van der Waals surface area (Å²) in [5, 5.41) is 4.67. The molecule has 0 radical (unpaired) electrons. The molecule has 1 heterocycles. The standard InChI is InChI=1S/C19H20N4O2/c1-14(2)13-25-23-18(24)16-10-6-7-11-17(16)21-19(23)22-20-12-15-8-4-3-5-9-15/h3-12,14H,13H2,1-2H3,(H,21,22). The lowest BCUT2D eigenvalue weighted by Crippen LogP contribution is -2.31. The molecular weight excluding hydrogens is 316 g/mol. The number of hydrazone groups is 1. The van der Waals surface area contributed by atoms with Gasteiger partial charge in [0.25, 0.3) is 11.5 Å². The molecule has 0 bridgehead atoms. The van der Waals surface area contributed by atoms with Gasteiger partial charge in [0.05, 0.1) is 17.1 Å². The zero-order valence-corrected chi connectivity index (χ0v) is 14.2. The van der Waals surface area contributed by atoms with Crippen molar-refractivity contribution in [2.75, 3.05) is 12.0 Å². The van der Waals surface area contributed by atoms with Gasteiger partial charge in [0, 0.05) is 0 Å². The second-order valence-corrected chi connectivity index (χ2v) is 6.02. The van der Waals surface area contributed by atoms with Crippen molar-refractivity contribution in [3.63, 3.8) is 0 Å². The minimum Gasteiger partial charge on any atom is -0.407 e. The Labute approximate surface area is 145 Å². The second kappa shape index (κ2) is 7.61. The Kier molecular flexibility index (Phi) is 5.09. The Balaban J connectivity index is 1.95. The van der Waals surface area contributed by atoms with Gasteiger partial charge in [-0.2, -0.15) is 5.10 Å². The Morgan fingerprint density at radius 1 is 1.16 bits per heavy atom. The van der Waals surface area contributed by atoms with Gasteiger partial charge in [0.1, 0.15) is 6.61 Å². The first-order valence-corrected chi connectivity index (χ1v) is 8.14. The van der Waals surface area contributed by atoms with Crippen LogP contribution in [0, 0.1) is 5.92 Å². The highest BCUT2D eigenvalue weighted by atomic mass is 16.7. The number of hydrogen-bond donors (Lipinski definition) is 1. The van der Waals surface area contributed by atoms with E-state index in [0.717, 1.165) is 5.56 Å². The summed E-state index contributed by atoms with van der Waals surface area (Å²) >= 11 is 0. The lowest BCUT2D eigenvalue weighted by Gasteiger charge is -2.14. The molecule has 0 unspecified atom stereocenters. The van der Waals surface area contributed by atoms with Gasteiger partial charge in [-0.05, 0) is 23.6 Å². The normalized spacial score (nSPS) is 11.3. The van der Waals surface area contributed by atoms with Crippen LogP contribution < -0.4 is 15.8 Å². The van der Waals surface area contributed by atoms with E-state index in [0.29, 0.717) is 17.5 Å². The van der Waals surface area contributed by atoms with E-state index in [-0.39, 0.29) is 17.4 Å². The Morgan fingerprint density at radius 2 is 1.88 bits per heavy atom. The zero-order valence-electron chi connectivity index (χ0n) is 14.2. The first-order valence-electron chi connectivity index (χ1n) is 8.14. The van der Waals surface area contributed by atoms with Gasteiger partial charge >= 0.3 is 0 Å². The smallest absolute Gasteiger partial charge is 0.295 e. The van der Waals surface area contributed by atoms with E-state index in [2.05, 4.69) is 15.5 Å². The van der Waals surface area contributed by atoms with E-state index in [1.165, 1.54) is 4.73 Å². The van der Waals surface area contributed by atoms with E-state index in [9.17, 15) is 4.79 Å². The van der Waals surface area contributed by atoms with E-state index in [4.69, 9.17) is 4.84 Å². The topological polar surface area (TPSA) is 68.5 Å². The van der Waals surface area contributed by atoms with Crippen molar-refractivity contribution in [3.8, 4) is 0 Å². The molecule has 25 heavy (non-hydrogen) atoms. The van der Waals surface area contributed by atoms with Gasteiger partial charge in [-0.25, -0.2) is 10.4 Å². The molecule has 0 saturated carbocycles. The summed E-state index contributed by atoms with van der Waals surface area (Å²) in [6, 6.07) is 16.8. The number of nitrogens with zero attached hydrogens (tertiary/aromatic N) is 3. The molecule has 3 rings (SSSR count). The van der Waals surface area contributed by atoms with Crippen molar-refractivity contribution in [2.24, 2.45) is 11.0 Å². The first-order chi connectivity index (χ1) is 12.1. The van der Waals surface area contributed by atoms with Gasteiger partial charge in [-0.1, -0.05) is 56.3 Å². The van der Waals surface area contributed by atoms with Crippen LogP contribution in [0.25, 0.3) is 10.9 Å². The van der Waals surface area contributed by atoms with Crippen LogP contribution in [0.1, 0.15) is 19.4 Å². The van der Waals surface area contributed by atoms with Crippen molar-refractivity contribution < 1.29 is 4.84 Å². The van der Waals surface area contributed by atoms with E-state index in [1.54, 1.807) is 24.4 Å². The van der Waals surface area contributed by atoms with Crippen LogP contribution in [0.4, 0.5) is 5.95 Å². The van der Waals surface area contributed by atoms with Crippen LogP contribution in [0.5, 0.6) is 0 Å². The van der Waals surface area contributed by atoms with Crippen LogP contribution in [0.3, 0.4) is 0 Å². The molecule has 3 aromatic rings. The molecule has 0 saturated heterocycles. The number of anilines is 1. The SMILES string of the molecule is CC(C)COn1c(NN=Cc2ccccc2)nc2ccccc2c1=O. The van der Waals surface area contributed by atoms with Gasteiger partial charge in [0.15, 0.2) is 0 Å². The number of hydrogen-bond acceptors (Lipinski definition) is 5. The van der Waals surface area contributed by atoms with E-state index < -0.39 is 0 Å². The lowest BCUT2D eigenvalue weighted by atomic mass is 10.2. The summed E-state index contributed by atoms with van der Waals surface area (Å²) in [5.41, 5.74) is 4.08. The number of benzene rings is 2. The van der Waals surface area contributed by atoms with Crippen LogP contribution in [0.15, 0.2) is 64.5 Å². The van der Waals surface area contributed by atoms with Gasteiger partial charge < -0.3 is 4.84 Å². The summed E-state index contributed by atoms with van der Waals surface area (Å²) in [5.74, 6) is 0.524.